The third-order valence-electron chi connectivity index (χ3n) is 2.95. The number of carbonyl (C=O) groups excluding carboxylic acids is 1. The summed E-state index contributed by atoms with van der Waals surface area (Å²) in [6.45, 7) is 2.58. The lowest BCUT2D eigenvalue weighted by Gasteiger charge is -2.12. The van der Waals surface area contributed by atoms with Gasteiger partial charge in [-0.1, -0.05) is 34.1 Å². The Balaban J connectivity index is 2.45. The van der Waals surface area contributed by atoms with E-state index in [2.05, 4.69) is 42.5 Å². The molecule has 1 unspecified atom stereocenters. The minimum absolute atomic E-state index is 0.261. The van der Waals surface area contributed by atoms with Crippen molar-refractivity contribution in [3.63, 3.8) is 0 Å². The van der Waals surface area contributed by atoms with Crippen molar-refractivity contribution in [3.8, 4) is 0 Å². The van der Waals surface area contributed by atoms with Crippen LogP contribution in [0.4, 0.5) is 0 Å². The number of para-hydroxylation sites is 1. The molecule has 5 heteroatoms. The molecule has 0 bridgehead atoms. The van der Waals surface area contributed by atoms with E-state index in [0.717, 1.165) is 21.1 Å². The fraction of sp³-hybridized carbons (Fsp3) is 0.308. The highest BCUT2D eigenvalue weighted by Crippen LogP contribution is 2.31. The summed E-state index contributed by atoms with van der Waals surface area (Å²) in [5, 5.41) is 1.15. The number of fused-ring (bicyclic) bond motifs is 1. The molecule has 0 amide bonds. The summed E-state index contributed by atoms with van der Waals surface area (Å²) >= 11 is 6.95. The van der Waals surface area contributed by atoms with Gasteiger partial charge in [-0.3, -0.25) is 4.79 Å². The molecule has 2 aromatic rings. The first-order chi connectivity index (χ1) is 8.56. The van der Waals surface area contributed by atoms with Gasteiger partial charge < -0.3 is 9.30 Å². The third kappa shape index (κ3) is 2.34. The SMILES string of the molecule is COC(=O)C(Br)Cn1c(C)c(Br)c2ccccc21. The van der Waals surface area contributed by atoms with E-state index in [1.54, 1.807) is 0 Å². The summed E-state index contributed by atoms with van der Waals surface area (Å²) in [5.74, 6) is -0.261. The molecule has 0 saturated heterocycles. The number of rotatable bonds is 3. The Morgan fingerprint density at radius 1 is 1.44 bits per heavy atom. The van der Waals surface area contributed by atoms with Crippen molar-refractivity contribution in [1.29, 1.82) is 0 Å². The quantitative estimate of drug-likeness (QED) is 0.606. The minimum Gasteiger partial charge on any atom is -0.468 e. The molecule has 0 aliphatic heterocycles. The Morgan fingerprint density at radius 3 is 2.78 bits per heavy atom. The van der Waals surface area contributed by atoms with E-state index in [0.29, 0.717) is 6.54 Å². The molecule has 1 atom stereocenters. The molecule has 1 aromatic heterocycles. The molecule has 0 aliphatic rings. The van der Waals surface area contributed by atoms with E-state index < -0.39 is 0 Å². The lowest BCUT2D eigenvalue weighted by atomic mass is 10.2. The van der Waals surface area contributed by atoms with E-state index in [1.807, 2.05) is 25.1 Å². The van der Waals surface area contributed by atoms with Crippen molar-refractivity contribution in [2.24, 2.45) is 0 Å². The molecular weight excluding hydrogens is 362 g/mol. The molecular formula is C13H13Br2NO2. The van der Waals surface area contributed by atoms with Crippen molar-refractivity contribution < 1.29 is 9.53 Å². The zero-order chi connectivity index (χ0) is 13.3. The van der Waals surface area contributed by atoms with Crippen LogP contribution in [-0.4, -0.2) is 22.5 Å². The van der Waals surface area contributed by atoms with Crippen molar-refractivity contribution >= 4 is 48.7 Å². The zero-order valence-corrected chi connectivity index (χ0v) is 13.3. The molecule has 0 fully saturated rings. The average Bonchev–Trinajstić information content (AvgIpc) is 2.63. The number of alkyl halides is 1. The number of carbonyl (C=O) groups is 1. The molecule has 18 heavy (non-hydrogen) atoms. The smallest absolute Gasteiger partial charge is 0.321 e. The highest BCUT2D eigenvalue weighted by atomic mass is 79.9. The second kappa shape index (κ2) is 5.45. The summed E-state index contributed by atoms with van der Waals surface area (Å²) in [5.41, 5.74) is 2.21. The Bertz CT molecular complexity index is 592. The predicted molar refractivity (Wildman–Crippen MR) is 79.1 cm³/mol. The van der Waals surface area contributed by atoms with Crippen LogP contribution >= 0.6 is 31.9 Å². The molecule has 0 saturated carbocycles. The van der Waals surface area contributed by atoms with Crippen LogP contribution in [0.15, 0.2) is 28.7 Å². The largest absolute Gasteiger partial charge is 0.468 e. The lowest BCUT2D eigenvalue weighted by molar-refractivity contribution is -0.140. The van der Waals surface area contributed by atoms with E-state index in [-0.39, 0.29) is 10.8 Å². The Hall–Kier alpha value is -0.810. The number of nitrogens with zero attached hydrogens (tertiary/aromatic N) is 1. The maximum absolute atomic E-state index is 11.5. The second-order valence-electron chi connectivity index (χ2n) is 4.02. The van der Waals surface area contributed by atoms with E-state index in [9.17, 15) is 4.79 Å². The fourth-order valence-corrected chi connectivity index (χ4v) is 3.01. The summed E-state index contributed by atoms with van der Waals surface area (Å²) in [6, 6.07) is 8.10. The molecule has 3 nitrogen and oxygen atoms in total. The van der Waals surface area contributed by atoms with Gasteiger partial charge in [0.1, 0.15) is 4.83 Å². The lowest BCUT2D eigenvalue weighted by Crippen LogP contribution is -2.22. The van der Waals surface area contributed by atoms with Crippen molar-refractivity contribution in [3.05, 3.63) is 34.4 Å². The van der Waals surface area contributed by atoms with Crippen LogP contribution in [0.1, 0.15) is 5.69 Å². The zero-order valence-electron chi connectivity index (χ0n) is 10.1. The van der Waals surface area contributed by atoms with Crippen LogP contribution in [0, 0.1) is 6.92 Å². The van der Waals surface area contributed by atoms with Gasteiger partial charge in [-0.2, -0.15) is 0 Å². The Kier molecular flexibility index (Phi) is 4.12. The van der Waals surface area contributed by atoms with Crippen LogP contribution in [0.5, 0.6) is 0 Å². The molecule has 0 radical (unpaired) electrons. The first kappa shape index (κ1) is 13.6. The maximum Gasteiger partial charge on any atom is 0.321 e. The number of benzene rings is 1. The van der Waals surface area contributed by atoms with Crippen molar-refractivity contribution in [2.45, 2.75) is 18.3 Å². The van der Waals surface area contributed by atoms with Gasteiger partial charge in [0.05, 0.1) is 7.11 Å². The minimum atomic E-state index is -0.344. The van der Waals surface area contributed by atoms with Gasteiger partial charge in [0.2, 0.25) is 0 Å². The summed E-state index contributed by atoms with van der Waals surface area (Å²) in [7, 11) is 1.40. The van der Waals surface area contributed by atoms with Crippen LogP contribution in [0.25, 0.3) is 10.9 Å². The number of ether oxygens (including phenoxy) is 1. The summed E-state index contributed by atoms with van der Waals surface area (Å²) in [6.07, 6.45) is 0. The first-order valence-corrected chi connectivity index (χ1v) is 7.22. The Labute approximate surface area is 122 Å². The van der Waals surface area contributed by atoms with Crippen LogP contribution in [0.3, 0.4) is 0 Å². The monoisotopic (exact) mass is 373 g/mol. The van der Waals surface area contributed by atoms with Crippen LogP contribution in [0.2, 0.25) is 0 Å². The normalized spacial score (nSPS) is 12.7. The molecule has 0 N–H and O–H groups in total. The third-order valence-corrected chi connectivity index (χ3v) is 4.62. The maximum atomic E-state index is 11.5. The van der Waals surface area contributed by atoms with E-state index >= 15 is 0 Å². The van der Waals surface area contributed by atoms with Gasteiger partial charge >= 0.3 is 5.97 Å². The predicted octanol–water partition coefficient (Wildman–Crippen LogP) is 3.65. The summed E-state index contributed by atoms with van der Waals surface area (Å²) < 4.78 is 7.91. The molecule has 96 valence electrons. The number of hydrogen-bond acceptors (Lipinski definition) is 2. The van der Waals surface area contributed by atoms with Gasteiger partial charge in [-0.05, 0) is 28.9 Å². The molecule has 0 spiro atoms. The highest BCUT2D eigenvalue weighted by molar-refractivity contribution is 9.10. The standard InChI is InChI=1S/C13H13Br2NO2/c1-8-12(15)9-5-3-4-6-11(9)16(8)7-10(14)13(17)18-2/h3-6,10H,7H2,1-2H3. The average molecular weight is 375 g/mol. The van der Waals surface area contributed by atoms with Gasteiger partial charge in [0.15, 0.2) is 0 Å². The topological polar surface area (TPSA) is 31.2 Å². The van der Waals surface area contributed by atoms with Gasteiger partial charge in [0, 0.05) is 27.6 Å². The highest BCUT2D eigenvalue weighted by Gasteiger charge is 2.19. The van der Waals surface area contributed by atoms with Gasteiger partial charge in [-0.25, -0.2) is 0 Å². The number of esters is 1. The van der Waals surface area contributed by atoms with Crippen molar-refractivity contribution in [1.82, 2.24) is 4.57 Å². The first-order valence-electron chi connectivity index (χ1n) is 5.51. The van der Waals surface area contributed by atoms with E-state index in [1.165, 1.54) is 7.11 Å². The van der Waals surface area contributed by atoms with Gasteiger partial charge in [-0.15, -0.1) is 0 Å². The number of aromatic nitrogens is 1. The molecule has 2 rings (SSSR count). The number of halogens is 2. The van der Waals surface area contributed by atoms with Crippen LogP contribution < -0.4 is 0 Å². The number of hydrogen-bond donors (Lipinski definition) is 0. The van der Waals surface area contributed by atoms with E-state index in [4.69, 9.17) is 4.74 Å². The van der Waals surface area contributed by atoms with Crippen LogP contribution in [-0.2, 0) is 16.1 Å². The summed E-state index contributed by atoms with van der Waals surface area (Å²) in [4.78, 5) is 11.1. The fourth-order valence-electron chi connectivity index (χ4n) is 1.99. The number of methoxy groups -OCH3 is 1. The van der Waals surface area contributed by atoms with Gasteiger partial charge in [0.25, 0.3) is 0 Å². The second-order valence-corrected chi connectivity index (χ2v) is 5.92. The molecule has 1 heterocycles. The van der Waals surface area contributed by atoms with Crippen molar-refractivity contribution in [2.75, 3.05) is 7.11 Å². The Morgan fingerprint density at radius 2 is 2.11 bits per heavy atom. The molecule has 0 aliphatic carbocycles. The molecule has 1 aromatic carbocycles.